The van der Waals surface area contributed by atoms with Crippen molar-refractivity contribution in [1.29, 1.82) is 0 Å². The molecule has 8 heteroatoms. The van der Waals surface area contributed by atoms with E-state index in [4.69, 9.17) is 21.7 Å². The van der Waals surface area contributed by atoms with E-state index in [2.05, 4.69) is 0 Å². The molecule has 2 aromatic rings. The van der Waals surface area contributed by atoms with Crippen molar-refractivity contribution in [3.05, 3.63) is 52.6 Å². The van der Waals surface area contributed by atoms with E-state index in [-0.39, 0.29) is 10.1 Å². The highest BCUT2D eigenvalue weighted by atomic mass is 32.2. The van der Waals surface area contributed by atoms with Crippen LogP contribution in [0.3, 0.4) is 0 Å². The fourth-order valence-corrected chi connectivity index (χ4v) is 3.77. The normalized spacial score (nSPS) is 15.6. The van der Waals surface area contributed by atoms with Gasteiger partial charge in [-0.15, -0.1) is 0 Å². The molecular formula is C19H15NO5S2. The molecule has 0 radical (unpaired) electrons. The average molecular weight is 401 g/mol. The zero-order valence-electron chi connectivity index (χ0n) is 14.3. The first kappa shape index (κ1) is 19.1. The second-order valence-electron chi connectivity index (χ2n) is 5.72. The lowest BCUT2D eigenvalue weighted by Crippen LogP contribution is -2.33. The highest BCUT2D eigenvalue weighted by Crippen LogP contribution is 2.33. The van der Waals surface area contributed by atoms with E-state index in [9.17, 15) is 14.4 Å². The maximum Gasteiger partial charge on any atom is 0.323 e. The fraction of sp³-hybridized carbons (Fsp3) is 0.158. The van der Waals surface area contributed by atoms with Gasteiger partial charge in [-0.05, 0) is 18.2 Å². The molecule has 0 aliphatic carbocycles. The molecule has 0 saturated carbocycles. The van der Waals surface area contributed by atoms with Crippen molar-refractivity contribution in [2.45, 2.75) is 13.3 Å². The maximum atomic E-state index is 12.3. The number of carboxylic acid groups (broad SMARTS) is 1. The summed E-state index contributed by atoms with van der Waals surface area (Å²) < 4.78 is 5.97. The number of nitrogens with zero attached hydrogens (tertiary/aromatic N) is 1. The SMILES string of the molecule is CCC(=O)c1cccc(-c2ccc(/C=C3/SC(=S)N(CC(=O)O)C3=O)o2)c1. The molecule has 0 atom stereocenters. The number of carbonyl (C=O) groups excluding carboxylic acids is 2. The van der Waals surface area contributed by atoms with Gasteiger partial charge in [-0.3, -0.25) is 19.3 Å². The molecule has 3 rings (SSSR count). The number of hydrogen-bond acceptors (Lipinski definition) is 6. The lowest BCUT2D eigenvalue weighted by atomic mass is 10.0. The van der Waals surface area contributed by atoms with Crippen LogP contribution >= 0.6 is 24.0 Å². The third kappa shape index (κ3) is 4.17. The third-order valence-corrected chi connectivity index (χ3v) is 5.24. The molecule has 1 aromatic carbocycles. The van der Waals surface area contributed by atoms with Crippen molar-refractivity contribution in [2.24, 2.45) is 0 Å². The summed E-state index contributed by atoms with van der Waals surface area (Å²) in [6, 6.07) is 10.6. The van der Waals surface area contributed by atoms with Crippen LogP contribution in [-0.4, -0.2) is 38.5 Å². The summed E-state index contributed by atoms with van der Waals surface area (Å²) in [5, 5.41) is 8.87. The number of ketones is 1. The van der Waals surface area contributed by atoms with Crippen LogP contribution in [0, 0.1) is 0 Å². The Labute approximate surface area is 164 Å². The van der Waals surface area contributed by atoms with Crippen LogP contribution in [0.2, 0.25) is 0 Å². The third-order valence-electron chi connectivity index (χ3n) is 3.86. The van der Waals surface area contributed by atoms with E-state index >= 15 is 0 Å². The van der Waals surface area contributed by atoms with Gasteiger partial charge in [0.2, 0.25) is 0 Å². The molecule has 2 heterocycles. The Morgan fingerprint density at radius 1 is 1.30 bits per heavy atom. The molecule has 27 heavy (non-hydrogen) atoms. The van der Waals surface area contributed by atoms with Crippen molar-refractivity contribution < 1.29 is 23.9 Å². The molecule has 1 N–H and O–H groups in total. The van der Waals surface area contributed by atoms with E-state index in [0.717, 1.165) is 22.2 Å². The summed E-state index contributed by atoms with van der Waals surface area (Å²) in [6.45, 7) is 1.34. The minimum atomic E-state index is -1.13. The Morgan fingerprint density at radius 2 is 2.07 bits per heavy atom. The summed E-state index contributed by atoms with van der Waals surface area (Å²) in [6.07, 6.45) is 1.96. The van der Waals surface area contributed by atoms with Gasteiger partial charge in [0.05, 0.1) is 4.91 Å². The van der Waals surface area contributed by atoms with Gasteiger partial charge < -0.3 is 9.52 Å². The lowest BCUT2D eigenvalue weighted by molar-refractivity contribution is -0.140. The first-order chi connectivity index (χ1) is 12.9. The number of amides is 1. The van der Waals surface area contributed by atoms with Crippen LogP contribution < -0.4 is 0 Å². The van der Waals surface area contributed by atoms with Crippen LogP contribution in [0.4, 0.5) is 0 Å². The molecule has 0 unspecified atom stereocenters. The summed E-state index contributed by atoms with van der Waals surface area (Å²) in [5.41, 5.74) is 1.37. The van der Waals surface area contributed by atoms with Gasteiger partial charge in [-0.2, -0.15) is 0 Å². The van der Waals surface area contributed by atoms with E-state index in [1.54, 1.807) is 37.3 Å². The summed E-state index contributed by atoms with van der Waals surface area (Å²) in [5.74, 6) is -0.540. The number of hydrogen-bond donors (Lipinski definition) is 1. The van der Waals surface area contributed by atoms with Gasteiger partial charge in [0, 0.05) is 23.6 Å². The predicted octanol–water partition coefficient (Wildman–Crippen LogP) is 3.83. The predicted molar refractivity (Wildman–Crippen MR) is 106 cm³/mol. The van der Waals surface area contributed by atoms with Crippen LogP contribution in [0.5, 0.6) is 0 Å². The highest BCUT2D eigenvalue weighted by Gasteiger charge is 2.33. The van der Waals surface area contributed by atoms with E-state index in [1.165, 1.54) is 6.08 Å². The van der Waals surface area contributed by atoms with Crippen LogP contribution in [-0.2, 0) is 9.59 Å². The number of carbonyl (C=O) groups is 3. The standard InChI is InChI=1S/C19H15NO5S2/c1-2-14(21)11-4-3-5-12(8-11)15-7-6-13(25-15)9-16-18(24)20(10-17(22)23)19(26)27-16/h3-9H,2,10H2,1H3,(H,22,23)/b16-9+. The van der Waals surface area contributed by atoms with Gasteiger partial charge in [0.1, 0.15) is 22.4 Å². The molecule has 1 saturated heterocycles. The maximum absolute atomic E-state index is 12.3. The van der Waals surface area contributed by atoms with Gasteiger partial charge >= 0.3 is 5.97 Å². The van der Waals surface area contributed by atoms with E-state index in [0.29, 0.717) is 28.4 Å². The van der Waals surface area contributed by atoms with Crippen molar-refractivity contribution >= 4 is 52.0 Å². The first-order valence-electron chi connectivity index (χ1n) is 8.09. The quantitative estimate of drug-likeness (QED) is 0.447. The van der Waals surface area contributed by atoms with Gasteiger partial charge in [0.25, 0.3) is 5.91 Å². The van der Waals surface area contributed by atoms with Crippen molar-refractivity contribution in [2.75, 3.05) is 6.54 Å². The van der Waals surface area contributed by atoms with Crippen molar-refractivity contribution in [3.8, 4) is 11.3 Å². The van der Waals surface area contributed by atoms with Crippen LogP contribution in [0.25, 0.3) is 17.4 Å². The Hall–Kier alpha value is -2.71. The Kier molecular flexibility index (Phi) is 5.57. The topological polar surface area (TPSA) is 87.8 Å². The van der Waals surface area contributed by atoms with E-state index in [1.807, 2.05) is 6.07 Å². The number of thiocarbonyl (C=S) groups is 1. The molecule has 0 bridgehead atoms. The number of benzene rings is 1. The highest BCUT2D eigenvalue weighted by molar-refractivity contribution is 8.26. The minimum Gasteiger partial charge on any atom is -0.480 e. The molecular weight excluding hydrogens is 386 g/mol. The molecule has 6 nitrogen and oxygen atoms in total. The molecule has 1 fully saturated rings. The number of aliphatic carboxylic acids is 1. The zero-order valence-corrected chi connectivity index (χ0v) is 15.9. The number of furan rings is 1. The first-order valence-corrected chi connectivity index (χ1v) is 9.32. The Balaban J connectivity index is 1.84. The molecule has 1 aliphatic rings. The fourth-order valence-electron chi connectivity index (χ4n) is 2.54. The Morgan fingerprint density at radius 3 is 2.78 bits per heavy atom. The number of rotatable bonds is 6. The number of carboxylic acids is 1. The molecule has 1 aromatic heterocycles. The molecule has 1 amide bonds. The zero-order chi connectivity index (χ0) is 19.6. The Bertz CT molecular complexity index is 976. The van der Waals surface area contributed by atoms with E-state index < -0.39 is 18.4 Å². The second-order valence-corrected chi connectivity index (χ2v) is 7.40. The van der Waals surface area contributed by atoms with Crippen LogP contribution in [0.15, 0.2) is 45.7 Å². The van der Waals surface area contributed by atoms with Crippen LogP contribution in [0.1, 0.15) is 29.5 Å². The van der Waals surface area contributed by atoms with Gasteiger partial charge in [-0.25, -0.2) is 0 Å². The number of thioether (sulfide) groups is 1. The van der Waals surface area contributed by atoms with Crippen molar-refractivity contribution in [3.63, 3.8) is 0 Å². The smallest absolute Gasteiger partial charge is 0.323 e. The van der Waals surface area contributed by atoms with Gasteiger partial charge in [-0.1, -0.05) is 49.1 Å². The largest absolute Gasteiger partial charge is 0.480 e. The van der Waals surface area contributed by atoms with Crippen molar-refractivity contribution in [1.82, 2.24) is 4.90 Å². The average Bonchev–Trinajstić information content (AvgIpc) is 3.21. The molecule has 1 aliphatic heterocycles. The summed E-state index contributed by atoms with van der Waals surface area (Å²) >= 11 is 6.10. The molecule has 0 spiro atoms. The summed E-state index contributed by atoms with van der Waals surface area (Å²) in [4.78, 5) is 36.3. The lowest BCUT2D eigenvalue weighted by Gasteiger charge is -2.09. The van der Waals surface area contributed by atoms with Gasteiger partial charge in [0.15, 0.2) is 5.78 Å². The monoisotopic (exact) mass is 401 g/mol. The minimum absolute atomic E-state index is 0.0470. The number of Topliss-reactive ketones (excluding diaryl/α,β-unsaturated/α-hetero) is 1. The second kappa shape index (κ2) is 7.89. The summed E-state index contributed by atoms with van der Waals surface area (Å²) in [7, 11) is 0. The molecule has 138 valence electrons.